The van der Waals surface area contributed by atoms with Crippen LogP contribution in [-0.4, -0.2) is 23.4 Å². The third kappa shape index (κ3) is 8.68. The quantitative estimate of drug-likeness (QED) is 0.162. The maximum atomic E-state index is 13.5. The Morgan fingerprint density at radius 3 is 2.15 bits per heavy atom. The van der Waals surface area contributed by atoms with Crippen LogP contribution in [0, 0.1) is 0 Å². The molecule has 4 aromatic rings. The van der Waals surface area contributed by atoms with E-state index in [0.717, 1.165) is 54.3 Å². The Bertz CT molecular complexity index is 1370. The Balaban J connectivity index is 1.38. The third-order valence-electron chi connectivity index (χ3n) is 7.17. The number of hydrogen-bond donors (Lipinski definition) is 3. The van der Waals surface area contributed by atoms with E-state index in [9.17, 15) is 9.59 Å². The summed E-state index contributed by atoms with van der Waals surface area (Å²) in [7, 11) is 0. The molecule has 4 aromatic carbocycles. The largest absolute Gasteiger partial charge is 0.370 e. The lowest BCUT2D eigenvalue weighted by molar-refractivity contribution is -0.118. The topological polar surface area (TPSA) is 87.5 Å². The van der Waals surface area contributed by atoms with Crippen molar-refractivity contribution < 1.29 is 9.59 Å². The van der Waals surface area contributed by atoms with E-state index in [1.54, 1.807) is 0 Å². The first-order chi connectivity index (χ1) is 19.5. The van der Waals surface area contributed by atoms with E-state index >= 15 is 0 Å². The van der Waals surface area contributed by atoms with Gasteiger partial charge in [-0.25, -0.2) is 4.79 Å². The van der Waals surface area contributed by atoms with Gasteiger partial charge >= 0.3 is 6.03 Å². The molecule has 0 fully saturated rings. The fourth-order valence-electron chi connectivity index (χ4n) is 4.94. The summed E-state index contributed by atoms with van der Waals surface area (Å²) in [5.74, 6) is -0.281. The van der Waals surface area contributed by atoms with E-state index in [1.165, 1.54) is 11.1 Å². The third-order valence-corrected chi connectivity index (χ3v) is 7.17. The first kappa shape index (κ1) is 28.8. The minimum atomic E-state index is -0.281. The van der Waals surface area contributed by atoms with Gasteiger partial charge in [0.05, 0.1) is 6.04 Å². The lowest BCUT2D eigenvalue weighted by Gasteiger charge is -2.26. The molecule has 208 valence electrons. The maximum absolute atomic E-state index is 13.5. The van der Waals surface area contributed by atoms with Gasteiger partial charge in [0, 0.05) is 32.6 Å². The predicted molar refractivity (Wildman–Crippen MR) is 162 cm³/mol. The zero-order valence-corrected chi connectivity index (χ0v) is 23.3. The SMILES string of the molecule is C[C@@H](NC(=O)N(CCCCCC(N)=O)Cc1ccc(CNCc2ccccc2)cc1)c1cccc2ccccc12. The fourth-order valence-corrected chi connectivity index (χ4v) is 4.94. The summed E-state index contributed by atoms with van der Waals surface area (Å²) >= 11 is 0. The molecular weight excluding hydrogens is 496 g/mol. The molecule has 0 saturated heterocycles. The zero-order chi connectivity index (χ0) is 28.2. The van der Waals surface area contributed by atoms with Crippen molar-refractivity contribution in [3.8, 4) is 0 Å². The molecule has 0 aliphatic heterocycles. The number of rotatable bonds is 14. The number of hydrogen-bond acceptors (Lipinski definition) is 3. The summed E-state index contributed by atoms with van der Waals surface area (Å²) in [4.78, 5) is 26.5. The summed E-state index contributed by atoms with van der Waals surface area (Å²) in [6, 6.07) is 33.0. The molecule has 4 rings (SSSR count). The fraction of sp³-hybridized carbons (Fsp3) is 0.294. The lowest BCUT2D eigenvalue weighted by Crippen LogP contribution is -2.41. The van der Waals surface area contributed by atoms with E-state index in [4.69, 9.17) is 5.73 Å². The van der Waals surface area contributed by atoms with E-state index < -0.39 is 0 Å². The number of unbranched alkanes of at least 4 members (excludes halogenated alkanes) is 2. The van der Waals surface area contributed by atoms with Crippen molar-refractivity contribution in [2.45, 2.75) is 58.3 Å². The van der Waals surface area contributed by atoms with Crippen LogP contribution < -0.4 is 16.4 Å². The molecule has 4 N–H and O–H groups in total. The summed E-state index contributed by atoms with van der Waals surface area (Å²) in [5, 5.41) is 9.02. The average Bonchev–Trinajstić information content (AvgIpc) is 2.97. The van der Waals surface area contributed by atoms with Crippen molar-refractivity contribution in [1.82, 2.24) is 15.5 Å². The molecule has 0 aliphatic rings. The molecular formula is C34H40N4O2. The van der Waals surface area contributed by atoms with Crippen LogP contribution in [0.3, 0.4) is 0 Å². The molecule has 40 heavy (non-hydrogen) atoms. The van der Waals surface area contributed by atoms with Crippen LogP contribution >= 0.6 is 0 Å². The Morgan fingerprint density at radius 1 is 0.750 bits per heavy atom. The minimum Gasteiger partial charge on any atom is -0.370 e. The highest BCUT2D eigenvalue weighted by molar-refractivity contribution is 5.86. The lowest BCUT2D eigenvalue weighted by atomic mass is 10.00. The number of carbonyl (C=O) groups excluding carboxylic acids is 2. The van der Waals surface area contributed by atoms with Gasteiger partial charge in [-0.1, -0.05) is 103 Å². The zero-order valence-electron chi connectivity index (χ0n) is 23.3. The molecule has 0 aliphatic carbocycles. The Hall–Kier alpha value is -4.16. The molecule has 0 radical (unpaired) electrons. The number of nitrogens with one attached hydrogen (secondary N) is 2. The predicted octanol–water partition coefficient (Wildman–Crippen LogP) is 6.45. The van der Waals surface area contributed by atoms with Gasteiger partial charge in [-0.2, -0.15) is 0 Å². The highest BCUT2D eigenvalue weighted by Crippen LogP contribution is 2.24. The molecule has 0 bridgehead atoms. The first-order valence-corrected chi connectivity index (χ1v) is 14.1. The molecule has 0 saturated carbocycles. The second-order valence-corrected chi connectivity index (χ2v) is 10.3. The summed E-state index contributed by atoms with van der Waals surface area (Å²) in [6.45, 7) is 4.75. The summed E-state index contributed by atoms with van der Waals surface area (Å²) < 4.78 is 0. The van der Waals surface area contributed by atoms with Crippen molar-refractivity contribution in [3.63, 3.8) is 0 Å². The van der Waals surface area contributed by atoms with Crippen LogP contribution in [-0.2, 0) is 24.4 Å². The van der Waals surface area contributed by atoms with E-state index in [0.29, 0.717) is 19.5 Å². The van der Waals surface area contributed by atoms with E-state index in [1.807, 2.05) is 48.2 Å². The molecule has 6 nitrogen and oxygen atoms in total. The van der Waals surface area contributed by atoms with Gasteiger partial charge < -0.3 is 21.3 Å². The van der Waals surface area contributed by atoms with Crippen LogP contribution in [0.5, 0.6) is 0 Å². The second-order valence-electron chi connectivity index (χ2n) is 10.3. The smallest absolute Gasteiger partial charge is 0.318 e. The standard InChI is InChI=1S/C34H40N4O2/c1-26(31-16-10-14-30-13-7-8-15-32(30)31)37-34(40)38(22-9-3-6-17-33(35)39)25-29-20-18-28(19-21-29)24-36-23-27-11-4-2-5-12-27/h2,4-5,7-8,10-16,18-21,26,36H,3,6,9,17,22-25H2,1H3,(H2,35,39)(H,37,40)/t26-/m1/s1. The van der Waals surface area contributed by atoms with E-state index in [-0.39, 0.29) is 18.0 Å². The number of primary amides is 1. The number of amides is 3. The average molecular weight is 537 g/mol. The number of fused-ring (bicyclic) bond motifs is 1. The number of nitrogens with two attached hydrogens (primary N) is 1. The van der Waals surface area contributed by atoms with Crippen LogP contribution in [0.25, 0.3) is 10.8 Å². The first-order valence-electron chi connectivity index (χ1n) is 14.1. The molecule has 3 amide bonds. The van der Waals surface area contributed by atoms with Crippen molar-refractivity contribution in [2.75, 3.05) is 6.54 Å². The normalized spacial score (nSPS) is 11.7. The van der Waals surface area contributed by atoms with Crippen LogP contribution in [0.2, 0.25) is 0 Å². The van der Waals surface area contributed by atoms with Gasteiger partial charge in [0.2, 0.25) is 5.91 Å². The van der Waals surface area contributed by atoms with Crippen LogP contribution in [0.15, 0.2) is 97.1 Å². The van der Waals surface area contributed by atoms with Gasteiger partial charge in [-0.3, -0.25) is 4.79 Å². The van der Waals surface area contributed by atoms with Crippen LogP contribution in [0.4, 0.5) is 4.79 Å². The Kier molecular flexibility index (Phi) is 10.7. The number of nitrogens with zero attached hydrogens (tertiary/aromatic N) is 1. The van der Waals surface area contributed by atoms with Crippen LogP contribution in [0.1, 0.15) is 60.9 Å². The Morgan fingerprint density at radius 2 is 1.40 bits per heavy atom. The molecule has 0 heterocycles. The molecule has 0 spiro atoms. The number of urea groups is 1. The van der Waals surface area contributed by atoms with Crippen molar-refractivity contribution in [3.05, 3.63) is 119 Å². The van der Waals surface area contributed by atoms with Gasteiger partial charge in [-0.15, -0.1) is 0 Å². The van der Waals surface area contributed by atoms with Gasteiger partial charge in [0.25, 0.3) is 0 Å². The van der Waals surface area contributed by atoms with E-state index in [2.05, 4.69) is 71.3 Å². The van der Waals surface area contributed by atoms with Crippen molar-refractivity contribution in [2.24, 2.45) is 5.73 Å². The molecule has 0 unspecified atom stereocenters. The molecule has 0 aromatic heterocycles. The summed E-state index contributed by atoms with van der Waals surface area (Å²) in [5.41, 5.74) is 9.93. The van der Waals surface area contributed by atoms with Gasteiger partial charge in [0.1, 0.15) is 0 Å². The highest BCUT2D eigenvalue weighted by Gasteiger charge is 2.18. The molecule has 6 heteroatoms. The number of benzene rings is 4. The monoisotopic (exact) mass is 536 g/mol. The van der Waals surface area contributed by atoms with Crippen molar-refractivity contribution >= 4 is 22.7 Å². The Labute approximate surface area is 237 Å². The van der Waals surface area contributed by atoms with Gasteiger partial charge in [-0.05, 0) is 52.8 Å². The van der Waals surface area contributed by atoms with Crippen molar-refractivity contribution in [1.29, 1.82) is 0 Å². The number of carbonyl (C=O) groups is 2. The highest BCUT2D eigenvalue weighted by atomic mass is 16.2. The minimum absolute atomic E-state index is 0.0936. The van der Waals surface area contributed by atoms with Gasteiger partial charge in [0.15, 0.2) is 0 Å². The maximum Gasteiger partial charge on any atom is 0.318 e. The molecule has 1 atom stereocenters. The second kappa shape index (κ2) is 14.8. The summed E-state index contributed by atoms with van der Waals surface area (Å²) in [6.07, 6.45) is 2.77.